The smallest absolute Gasteiger partial charge is 0.183 e. The SMILES string of the molecule is COc1ccc(C(OC)OC)c(C(C)C)c1. The lowest BCUT2D eigenvalue weighted by Gasteiger charge is -2.20. The van der Waals surface area contributed by atoms with Crippen LogP contribution in [0.4, 0.5) is 0 Å². The normalized spacial score (nSPS) is 11.2. The molecular formula is C13H20O3. The summed E-state index contributed by atoms with van der Waals surface area (Å²) in [5.41, 5.74) is 2.24. The van der Waals surface area contributed by atoms with E-state index in [0.29, 0.717) is 5.92 Å². The highest BCUT2D eigenvalue weighted by Crippen LogP contribution is 2.30. The molecule has 0 fully saturated rings. The van der Waals surface area contributed by atoms with Crippen molar-refractivity contribution < 1.29 is 14.2 Å². The van der Waals surface area contributed by atoms with E-state index < -0.39 is 0 Å². The van der Waals surface area contributed by atoms with Gasteiger partial charge >= 0.3 is 0 Å². The molecule has 0 amide bonds. The van der Waals surface area contributed by atoms with E-state index in [4.69, 9.17) is 14.2 Å². The highest BCUT2D eigenvalue weighted by atomic mass is 16.7. The molecule has 1 aromatic rings. The quantitative estimate of drug-likeness (QED) is 0.719. The molecule has 0 unspecified atom stereocenters. The molecule has 0 aliphatic rings. The van der Waals surface area contributed by atoms with Gasteiger partial charge in [0.05, 0.1) is 7.11 Å². The zero-order valence-electron chi connectivity index (χ0n) is 10.6. The standard InChI is InChI=1S/C13H20O3/c1-9(2)12-8-10(14-3)6-7-11(12)13(15-4)16-5/h6-9,13H,1-5H3. The van der Waals surface area contributed by atoms with Gasteiger partial charge in [0, 0.05) is 19.8 Å². The average Bonchev–Trinajstić information content (AvgIpc) is 2.30. The molecule has 0 saturated heterocycles. The molecule has 0 saturated carbocycles. The number of rotatable bonds is 5. The second-order valence-corrected chi connectivity index (χ2v) is 3.95. The van der Waals surface area contributed by atoms with Gasteiger partial charge in [-0.05, 0) is 29.7 Å². The van der Waals surface area contributed by atoms with Crippen LogP contribution in [0, 0.1) is 0 Å². The number of ether oxygens (including phenoxy) is 3. The second kappa shape index (κ2) is 5.87. The molecule has 3 nitrogen and oxygen atoms in total. The van der Waals surface area contributed by atoms with Gasteiger partial charge in [-0.2, -0.15) is 0 Å². The Morgan fingerprint density at radius 3 is 2.00 bits per heavy atom. The molecule has 0 aliphatic carbocycles. The fourth-order valence-electron chi connectivity index (χ4n) is 1.74. The molecule has 3 heteroatoms. The third kappa shape index (κ3) is 2.74. The van der Waals surface area contributed by atoms with E-state index in [-0.39, 0.29) is 6.29 Å². The predicted octanol–water partition coefficient (Wildman–Crippen LogP) is 3.11. The Balaban J connectivity index is 3.16. The largest absolute Gasteiger partial charge is 0.497 e. The van der Waals surface area contributed by atoms with Crippen LogP contribution >= 0.6 is 0 Å². The lowest BCUT2D eigenvalue weighted by molar-refractivity contribution is -0.106. The van der Waals surface area contributed by atoms with Crippen LogP contribution in [0.2, 0.25) is 0 Å². The van der Waals surface area contributed by atoms with Crippen molar-refractivity contribution in [1.82, 2.24) is 0 Å². The van der Waals surface area contributed by atoms with Crippen LogP contribution in [0.15, 0.2) is 18.2 Å². The molecule has 1 aromatic carbocycles. The van der Waals surface area contributed by atoms with Crippen molar-refractivity contribution in [2.24, 2.45) is 0 Å². The van der Waals surface area contributed by atoms with E-state index in [9.17, 15) is 0 Å². The van der Waals surface area contributed by atoms with Crippen molar-refractivity contribution in [2.75, 3.05) is 21.3 Å². The maximum atomic E-state index is 5.29. The van der Waals surface area contributed by atoms with Gasteiger partial charge in [0.1, 0.15) is 5.75 Å². The first-order chi connectivity index (χ1) is 7.63. The number of benzene rings is 1. The summed E-state index contributed by atoms with van der Waals surface area (Å²) in [4.78, 5) is 0. The van der Waals surface area contributed by atoms with Gasteiger partial charge in [-0.25, -0.2) is 0 Å². The summed E-state index contributed by atoms with van der Waals surface area (Å²) in [6, 6.07) is 5.95. The molecule has 0 bridgehead atoms. The minimum Gasteiger partial charge on any atom is -0.497 e. The highest BCUT2D eigenvalue weighted by molar-refractivity contribution is 5.38. The zero-order valence-corrected chi connectivity index (χ0v) is 10.6. The minimum absolute atomic E-state index is 0.316. The average molecular weight is 224 g/mol. The lowest BCUT2D eigenvalue weighted by atomic mass is 9.96. The Morgan fingerprint density at radius 1 is 0.938 bits per heavy atom. The Labute approximate surface area is 97.3 Å². The van der Waals surface area contributed by atoms with Crippen LogP contribution in [0.1, 0.15) is 37.2 Å². The molecule has 1 rings (SSSR count). The third-order valence-corrected chi connectivity index (χ3v) is 2.60. The van der Waals surface area contributed by atoms with Crippen molar-refractivity contribution in [1.29, 1.82) is 0 Å². The maximum Gasteiger partial charge on any atom is 0.183 e. The van der Waals surface area contributed by atoms with E-state index in [1.165, 1.54) is 5.56 Å². The number of methoxy groups -OCH3 is 3. The van der Waals surface area contributed by atoms with E-state index in [0.717, 1.165) is 11.3 Å². The van der Waals surface area contributed by atoms with Crippen molar-refractivity contribution in [3.8, 4) is 5.75 Å². The first-order valence-corrected chi connectivity index (χ1v) is 5.37. The van der Waals surface area contributed by atoms with Crippen LogP contribution in [-0.4, -0.2) is 21.3 Å². The first-order valence-electron chi connectivity index (χ1n) is 5.37. The zero-order chi connectivity index (χ0) is 12.1. The summed E-state index contributed by atoms with van der Waals surface area (Å²) in [6.07, 6.45) is -0.316. The Hall–Kier alpha value is -1.06. The molecule has 0 aromatic heterocycles. The van der Waals surface area contributed by atoms with E-state index in [1.54, 1.807) is 21.3 Å². The van der Waals surface area contributed by atoms with Gasteiger partial charge in [0.2, 0.25) is 0 Å². The molecule has 0 heterocycles. The van der Waals surface area contributed by atoms with Crippen molar-refractivity contribution >= 4 is 0 Å². The van der Waals surface area contributed by atoms with Crippen molar-refractivity contribution in [2.45, 2.75) is 26.1 Å². The van der Waals surface area contributed by atoms with Crippen LogP contribution < -0.4 is 4.74 Å². The molecule has 90 valence electrons. The fourth-order valence-corrected chi connectivity index (χ4v) is 1.74. The van der Waals surface area contributed by atoms with Gasteiger partial charge in [-0.15, -0.1) is 0 Å². The summed E-state index contributed by atoms with van der Waals surface area (Å²) >= 11 is 0. The van der Waals surface area contributed by atoms with E-state index >= 15 is 0 Å². The topological polar surface area (TPSA) is 27.7 Å². The van der Waals surface area contributed by atoms with Gasteiger partial charge in [-0.1, -0.05) is 13.8 Å². The molecule has 0 radical (unpaired) electrons. The molecule has 0 N–H and O–H groups in total. The molecule has 0 spiro atoms. The number of hydrogen-bond donors (Lipinski definition) is 0. The predicted molar refractivity (Wildman–Crippen MR) is 63.8 cm³/mol. The van der Waals surface area contributed by atoms with Crippen molar-refractivity contribution in [3.63, 3.8) is 0 Å². The van der Waals surface area contributed by atoms with E-state index in [1.807, 2.05) is 18.2 Å². The summed E-state index contributed by atoms with van der Waals surface area (Å²) in [5.74, 6) is 1.26. The molecule has 0 aliphatic heterocycles. The van der Waals surface area contributed by atoms with Crippen LogP contribution in [0.25, 0.3) is 0 Å². The Kier molecular flexibility index (Phi) is 4.77. The lowest BCUT2D eigenvalue weighted by Crippen LogP contribution is -2.08. The van der Waals surface area contributed by atoms with Crippen LogP contribution in [-0.2, 0) is 9.47 Å². The summed E-state index contributed by atoms with van der Waals surface area (Å²) < 4.78 is 15.8. The maximum absolute atomic E-state index is 5.29. The molecule has 0 atom stereocenters. The van der Waals surface area contributed by atoms with Gasteiger partial charge in [-0.3, -0.25) is 0 Å². The molecular weight excluding hydrogens is 204 g/mol. The summed E-state index contributed by atoms with van der Waals surface area (Å²) in [7, 11) is 4.95. The molecule has 16 heavy (non-hydrogen) atoms. The van der Waals surface area contributed by atoms with Crippen LogP contribution in [0.3, 0.4) is 0 Å². The monoisotopic (exact) mass is 224 g/mol. The summed E-state index contributed by atoms with van der Waals surface area (Å²) in [6.45, 7) is 4.28. The number of hydrogen-bond acceptors (Lipinski definition) is 3. The van der Waals surface area contributed by atoms with Gasteiger partial charge in [0.25, 0.3) is 0 Å². The second-order valence-electron chi connectivity index (χ2n) is 3.95. The Bertz CT molecular complexity index is 330. The summed E-state index contributed by atoms with van der Waals surface area (Å²) in [5, 5.41) is 0. The van der Waals surface area contributed by atoms with E-state index in [2.05, 4.69) is 13.8 Å². The minimum atomic E-state index is -0.316. The first kappa shape index (κ1) is 13.0. The Morgan fingerprint density at radius 2 is 1.56 bits per heavy atom. The third-order valence-electron chi connectivity index (χ3n) is 2.60. The van der Waals surface area contributed by atoms with Crippen LogP contribution in [0.5, 0.6) is 5.75 Å². The van der Waals surface area contributed by atoms with Gasteiger partial charge in [0.15, 0.2) is 6.29 Å². The fraction of sp³-hybridized carbons (Fsp3) is 0.538. The van der Waals surface area contributed by atoms with Crippen molar-refractivity contribution in [3.05, 3.63) is 29.3 Å². The highest BCUT2D eigenvalue weighted by Gasteiger charge is 2.16. The van der Waals surface area contributed by atoms with Gasteiger partial charge < -0.3 is 14.2 Å².